The van der Waals surface area contributed by atoms with Crippen LogP contribution in [0.5, 0.6) is 0 Å². The van der Waals surface area contributed by atoms with Crippen LogP contribution in [0.1, 0.15) is 22.8 Å². The highest BCUT2D eigenvalue weighted by Gasteiger charge is 2.16. The molecule has 0 aliphatic heterocycles. The minimum atomic E-state index is -0.558. The van der Waals surface area contributed by atoms with Gasteiger partial charge in [-0.05, 0) is 37.6 Å². The Morgan fingerprint density at radius 1 is 1.09 bits per heavy atom. The Labute approximate surface area is 199 Å². The Kier molecular flexibility index (Phi) is 5.65. The number of hydrogen-bond donors (Lipinski definition) is 0. The Balaban J connectivity index is 1.39. The largest absolute Gasteiger partial charge is 0.356 e. The van der Waals surface area contributed by atoms with Gasteiger partial charge in [-0.15, -0.1) is 10.2 Å². The van der Waals surface area contributed by atoms with Gasteiger partial charge in [-0.25, -0.2) is 4.39 Å². The maximum atomic E-state index is 14.6. The molecule has 0 N–H and O–H groups in total. The van der Waals surface area contributed by atoms with Crippen molar-refractivity contribution in [2.45, 2.75) is 20.4 Å². The molecule has 5 rings (SSSR count). The predicted molar refractivity (Wildman–Crippen MR) is 125 cm³/mol. The summed E-state index contributed by atoms with van der Waals surface area (Å²) in [7, 11) is 1.86. The summed E-state index contributed by atoms with van der Waals surface area (Å²) in [6.07, 6.45) is 11.1. The number of aromatic nitrogens is 7. The van der Waals surface area contributed by atoms with E-state index in [1.807, 2.05) is 26.2 Å². The summed E-state index contributed by atoms with van der Waals surface area (Å²) >= 11 is 0. The number of rotatable bonds is 7. The first kappa shape index (κ1) is 22.1. The van der Waals surface area contributed by atoms with Gasteiger partial charge in [-0.2, -0.15) is 5.10 Å². The lowest BCUT2D eigenvalue weighted by Gasteiger charge is -2.11. The Hall–Kier alpha value is -4.67. The summed E-state index contributed by atoms with van der Waals surface area (Å²) in [4.78, 5) is 17.7. The number of aryl methyl sites for hydroxylation is 3. The fraction of sp³-hybridized carbons (Fsp3) is 0.167. The number of carbonyl (C=O) groups excluding carboxylic acids is 1. The monoisotopic (exact) mass is 472 g/mol. The average Bonchev–Trinajstić information content (AvgIpc) is 3.57. The first-order valence-corrected chi connectivity index (χ1v) is 10.7. The molecule has 0 atom stereocenters. The Morgan fingerprint density at radius 2 is 1.94 bits per heavy atom. The van der Waals surface area contributed by atoms with E-state index >= 15 is 0 Å². The van der Waals surface area contributed by atoms with Gasteiger partial charge < -0.3 is 9.42 Å². The smallest absolute Gasteiger partial charge is 0.214 e. The highest BCUT2D eigenvalue weighted by atomic mass is 19.1. The molecule has 0 aromatic carbocycles. The number of halogens is 1. The highest BCUT2D eigenvalue weighted by molar-refractivity contribution is 5.65. The fourth-order valence-electron chi connectivity index (χ4n) is 3.68. The molecular formula is C24H21FN8O2. The number of fused-ring (bicyclic) bond motifs is 1. The minimum absolute atomic E-state index is 0.0540. The van der Waals surface area contributed by atoms with Gasteiger partial charge in [0.25, 0.3) is 0 Å². The number of pyridine rings is 2. The zero-order chi connectivity index (χ0) is 24.5. The van der Waals surface area contributed by atoms with Crippen LogP contribution in [0.25, 0.3) is 34.2 Å². The van der Waals surface area contributed by atoms with E-state index in [0.29, 0.717) is 34.9 Å². The van der Waals surface area contributed by atoms with Crippen LogP contribution in [0.2, 0.25) is 0 Å². The second-order valence-corrected chi connectivity index (χ2v) is 8.14. The van der Waals surface area contributed by atoms with Crippen molar-refractivity contribution in [3.8, 4) is 22.5 Å². The van der Waals surface area contributed by atoms with E-state index < -0.39 is 5.82 Å². The van der Waals surface area contributed by atoms with E-state index in [2.05, 4.69) is 25.4 Å². The highest BCUT2D eigenvalue weighted by Crippen LogP contribution is 2.24. The zero-order valence-corrected chi connectivity index (χ0v) is 19.3. The van der Waals surface area contributed by atoms with Crippen LogP contribution in [-0.2, 0) is 18.4 Å². The summed E-state index contributed by atoms with van der Waals surface area (Å²) in [6.45, 7) is 3.80. The van der Waals surface area contributed by atoms with E-state index in [-0.39, 0.29) is 12.2 Å². The molecule has 35 heavy (non-hydrogen) atoms. The molecule has 11 heteroatoms. The molecule has 5 aromatic rings. The molecule has 0 bridgehead atoms. The van der Waals surface area contributed by atoms with Gasteiger partial charge in [0.1, 0.15) is 0 Å². The van der Waals surface area contributed by atoms with Crippen molar-refractivity contribution in [2.24, 2.45) is 7.05 Å². The Morgan fingerprint density at radius 3 is 2.63 bits per heavy atom. The summed E-state index contributed by atoms with van der Waals surface area (Å²) in [6, 6.07) is 5.03. The van der Waals surface area contributed by atoms with Gasteiger partial charge >= 0.3 is 0 Å². The molecule has 1 amide bonds. The predicted octanol–water partition coefficient (Wildman–Crippen LogP) is 3.57. The maximum absolute atomic E-state index is 14.6. The van der Waals surface area contributed by atoms with E-state index in [4.69, 9.17) is 4.52 Å². The second-order valence-electron chi connectivity index (χ2n) is 8.14. The number of nitrogens with zero attached hydrogens (tertiary/aromatic N) is 8. The van der Waals surface area contributed by atoms with Crippen LogP contribution >= 0.6 is 0 Å². The van der Waals surface area contributed by atoms with Crippen molar-refractivity contribution in [2.75, 3.05) is 0 Å². The SMILES string of the molecule is Cc1cc(-c2cc(F)c3nnc(CN(C=O)/C=C\c4ncc(-c5cnn(C)c5)cc4C)n3c2)on1. The summed E-state index contributed by atoms with van der Waals surface area (Å²) in [5.74, 6) is 0.244. The van der Waals surface area contributed by atoms with Crippen molar-refractivity contribution in [1.29, 1.82) is 0 Å². The lowest BCUT2D eigenvalue weighted by atomic mass is 10.1. The van der Waals surface area contributed by atoms with Gasteiger partial charge in [0, 0.05) is 54.6 Å². The van der Waals surface area contributed by atoms with Crippen molar-refractivity contribution < 1.29 is 13.7 Å². The van der Waals surface area contributed by atoms with Crippen LogP contribution in [0, 0.1) is 19.7 Å². The van der Waals surface area contributed by atoms with Gasteiger partial charge in [-0.3, -0.25) is 18.9 Å². The van der Waals surface area contributed by atoms with Crippen molar-refractivity contribution in [3.05, 3.63) is 77.8 Å². The van der Waals surface area contributed by atoms with Crippen molar-refractivity contribution in [1.82, 2.24) is 39.4 Å². The topological polar surface area (TPSA) is 107 Å². The molecule has 0 saturated carbocycles. The molecule has 176 valence electrons. The Bertz CT molecular complexity index is 1570. The van der Waals surface area contributed by atoms with Gasteiger partial charge in [0.05, 0.1) is 24.1 Å². The lowest BCUT2D eigenvalue weighted by Crippen LogP contribution is -2.16. The van der Waals surface area contributed by atoms with Crippen molar-refractivity contribution in [3.63, 3.8) is 0 Å². The van der Waals surface area contributed by atoms with E-state index in [1.165, 1.54) is 15.4 Å². The standard InChI is InChI=1S/C24H21FN8O2/c1-15-6-17(19-10-27-31(3)11-19)9-26-21(15)4-5-32(14-34)13-23-28-29-24-20(25)8-18(12-33(23)24)22-7-16(2)30-35-22/h4-12,14H,13H2,1-3H3/b5-4-. The van der Waals surface area contributed by atoms with Crippen LogP contribution in [0.4, 0.5) is 4.39 Å². The molecule has 0 saturated heterocycles. The minimum Gasteiger partial charge on any atom is -0.356 e. The third-order valence-electron chi connectivity index (χ3n) is 5.48. The second kappa shape index (κ2) is 8.93. The molecule has 0 fully saturated rings. The van der Waals surface area contributed by atoms with Crippen molar-refractivity contribution >= 4 is 18.1 Å². The fourth-order valence-corrected chi connectivity index (χ4v) is 3.68. The maximum Gasteiger partial charge on any atom is 0.214 e. The number of hydrogen-bond acceptors (Lipinski definition) is 7. The van der Waals surface area contributed by atoms with Gasteiger partial charge in [0.15, 0.2) is 23.0 Å². The average molecular weight is 472 g/mol. The normalized spacial score (nSPS) is 11.5. The summed E-state index contributed by atoms with van der Waals surface area (Å²) < 4.78 is 23.1. The van der Waals surface area contributed by atoms with E-state index in [9.17, 15) is 9.18 Å². The van der Waals surface area contributed by atoms with Gasteiger partial charge in [-0.1, -0.05) is 5.16 Å². The first-order valence-electron chi connectivity index (χ1n) is 10.7. The third-order valence-corrected chi connectivity index (χ3v) is 5.48. The number of amides is 1. The molecule has 5 aromatic heterocycles. The van der Waals surface area contributed by atoms with Gasteiger partial charge in [0.2, 0.25) is 6.41 Å². The molecular weight excluding hydrogens is 451 g/mol. The lowest BCUT2D eigenvalue weighted by molar-refractivity contribution is -0.116. The van der Waals surface area contributed by atoms with Crippen LogP contribution in [0.3, 0.4) is 0 Å². The first-order chi connectivity index (χ1) is 16.9. The quantitative estimate of drug-likeness (QED) is 0.333. The molecule has 0 aliphatic rings. The van der Waals surface area contributed by atoms with Crippen LogP contribution in [-0.4, -0.2) is 45.8 Å². The third kappa shape index (κ3) is 4.43. The van der Waals surface area contributed by atoms with E-state index in [1.54, 1.807) is 48.5 Å². The molecule has 10 nitrogen and oxygen atoms in total. The molecule has 0 aliphatic carbocycles. The summed E-state index contributed by atoms with van der Waals surface area (Å²) in [5, 5.41) is 16.0. The molecule has 0 radical (unpaired) electrons. The van der Waals surface area contributed by atoms with E-state index in [0.717, 1.165) is 16.7 Å². The van der Waals surface area contributed by atoms with Crippen LogP contribution in [0.15, 0.2) is 53.7 Å². The number of carbonyl (C=O) groups is 1. The molecule has 0 spiro atoms. The van der Waals surface area contributed by atoms with Crippen LogP contribution < -0.4 is 0 Å². The molecule has 0 unspecified atom stereocenters. The summed E-state index contributed by atoms with van der Waals surface area (Å²) in [5.41, 5.74) is 4.80. The zero-order valence-electron chi connectivity index (χ0n) is 19.3. The molecule has 5 heterocycles.